The summed E-state index contributed by atoms with van der Waals surface area (Å²) in [5, 5.41) is 3.33. The second kappa shape index (κ2) is 7.81. The maximum absolute atomic E-state index is 5.63. The normalized spacial score (nSPS) is 16.9. The van der Waals surface area contributed by atoms with E-state index in [0.717, 1.165) is 25.4 Å². The van der Waals surface area contributed by atoms with Gasteiger partial charge in [0.25, 0.3) is 0 Å². The highest BCUT2D eigenvalue weighted by atomic mass is 35.5. The van der Waals surface area contributed by atoms with E-state index >= 15 is 0 Å². The monoisotopic (exact) mass is 265 g/mol. The van der Waals surface area contributed by atoms with Crippen LogP contribution in [0.15, 0.2) is 24.3 Å². The summed E-state index contributed by atoms with van der Waals surface area (Å²) in [6.45, 7) is 1.93. The lowest BCUT2D eigenvalue weighted by Gasteiger charge is -2.22. The van der Waals surface area contributed by atoms with Gasteiger partial charge in [0, 0.05) is 12.4 Å². The van der Waals surface area contributed by atoms with Crippen molar-refractivity contribution in [1.82, 2.24) is 5.32 Å². The van der Waals surface area contributed by atoms with Gasteiger partial charge in [0.05, 0.1) is 0 Å². The van der Waals surface area contributed by atoms with E-state index in [9.17, 15) is 0 Å². The smallest absolute Gasteiger partial charge is 0.0348 e. The lowest BCUT2D eigenvalue weighted by atomic mass is 9.84. The van der Waals surface area contributed by atoms with E-state index in [4.69, 9.17) is 11.6 Å². The first kappa shape index (κ1) is 13.9. The van der Waals surface area contributed by atoms with E-state index in [1.807, 2.05) is 0 Å². The Morgan fingerprint density at radius 1 is 1.00 bits per heavy atom. The Labute approximate surface area is 116 Å². The van der Waals surface area contributed by atoms with Crippen LogP contribution in [-0.2, 0) is 6.42 Å². The highest BCUT2D eigenvalue weighted by Gasteiger charge is 2.14. The standard InChI is InChI=1S/C16H24ClN/c17-11-13-18-12-10-14-6-8-16(9-7-14)15-4-2-1-3-5-15/h6-9,15,18H,1-5,10-13H2. The zero-order valence-electron chi connectivity index (χ0n) is 11.1. The summed E-state index contributed by atoms with van der Waals surface area (Å²) in [7, 11) is 0. The average molecular weight is 266 g/mol. The third-order valence-corrected chi connectivity index (χ3v) is 4.11. The SMILES string of the molecule is ClCCNCCc1ccc(C2CCCCC2)cc1. The van der Waals surface area contributed by atoms with Crippen LogP contribution in [0.5, 0.6) is 0 Å². The first-order chi connectivity index (χ1) is 8.90. The van der Waals surface area contributed by atoms with Gasteiger partial charge >= 0.3 is 0 Å². The minimum atomic E-state index is 0.695. The van der Waals surface area contributed by atoms with Gasteiger partial charge in [-0.25, -0.2) is 0 Å². The van der Waals surface area contributed by atoms with Gasteiger partial charge in [-0.3, -0.25) is 0 Å². The summed E-state index contributed by atoms with van der Waals surface area (Å²) < 4.78 is 0. The van der Waals surface area contributed by atoms with Crippen molar-refractivity contribution in [2.75, 3.05) is 19.0 Å². The molecule has 1 aliphatic carbocycles. The van der Waals surface area contributed by atoms with E-state index < -0.39 is 0 Å². The Bertz CT molecular complexity index is 327. The third kappa shape index (κ3) is 4.29. The summed E-state index contributed by atoms with van der Waals surface area (Å²) in [6, 6.07) is 9.28. The first-order valence-corrected chi connectivity index (χ1v) is 7.79. The highest BCUT2D eigenvalue weighted by molar-refractivity contribution is 6.18. The van der Waals surface area contributed by atoms with Crippen molar-refractivity contribution >= 4 is 11.6 Å². The highest BCUT2D eigenvalue weighted by Crippen LogP contribution is 2.32. The molecule has 1 aliphatic rings. The molecule has 1 saturated carbocycles. The zero-order valence-corrected chi connectivity index (χ0v) is 11.9. The fourth-order valence-corrected chi connectivity index (χ4v) is 2.95. The van der Waals surface area contributed by atoms with Gasteiger partial charge in [-0.15, -0.1) is 11.6 Å². The maximum Gasteiger partial charge on any atom is 0.0348 e. The van der Waals surface area contributed by atoms with Crippen LogP contribution in [0.4, 0.5) is 0 Å². The Morgan fingerprint density at radius 2 is 1.72 bits per heavy atom. The van der Waals surface area contributed by atoms with E-state index in [1.165, 1.54) is 37.7 Å². The van der Waals surface area contributed by atoms with Crippen molar-refractivity contribution in [3.63, 3.8) is 0 Å². The summed E-state index contributed by atoms with van der Waals surface area (Å²) in [4.78, 5) is 0. The first-order valence-electron chi connectivity index (χ1n) is 7.25. The molecule has 100 valence electrons. The number of benzene rings is 1. The fourth-order valence-electron chi connectivity index (χ4n) is 2.82. The summed E-state index contributed by atoms with van der Waals surface area (Å²) in [6.07, 6.45) is 8.12. The quantitative estimate of drug-likeness (QED) is 0.603. The molecule has 0 spiro atoms. The van der Waals surface area contributed by atoms with Gasteiger partial charge in [0.15, 0.2) is 0 Å². The molecule has 0 amide bonds. The Hall–Kier alpha value is -0.530. The molecule has 0 atom stereocenters. The molecule has 1 aromatic rings. The van der Waals surface area contributed by atoms with E-state index in [1.54, 1.807) is 5.56 Å². The number of hydrogen-bond donors (Lipinski definition) is 1. The minimum absolute atomic E-state index is 0.695. The molecule has 0 saturated heterocycles. The van der Waals surface area contributed by atoms with Crippen molar-refractivity contribution in [2.24, 2.45) is 0 Å². The van der Waals surface area contributed by atoms with Gasteiger partial charge in [-0.05, 0) is 42.9 Å². The molecule has 2 heteroatoms. The Morgan fingerprint density at radius 3 is 2.39 bits per heavy atom. The van der Waals surface area contributed by atoms with Crippen LogP contribution < -0.4 is 5.32 Å². The van der Waals surface area contributed by atoms with Crippen molar-refractivity contribution in [3.05, 3.63) is 35.4 Å². The molecule has 1 nitrogen and oxygen atoms in total. The molecule has 0 unspecified atom stereocenters. The fraction of sp³-hybridized carbons (Fsp3) is 0.625. The molecule has 2 rings (SSSR count). The molecule has 0 bridgehead atoms. The predicted octanol–water partition coefficient (Wildman–Crippen LogP) is 4.11. The van der Waals surface area contributed by atoms with Crippen LogP contribution in [0, 0.1) is 0 Å². The molecular weight excluding hydrogens is 242 g/mol. The van der Waals surface area contributed by atoms with Crippen LogP contribution in [-0.4, -0.2) is 19.0 Å². The second-order valence-corrected chi connectivity index (χ2v) is 5.64. The van der Waals surface area contributed by atoms with Crippen molar-refractivity contribution < 1.29 is 0 Å². The number of nitrogens with one attached hydrogen (secondary N) is 1. The topological polar surface area (TPSA) is 12.0 Å². The number of halogens is 1. The third-order valence-electron chi connectivity index (χ3n) is 3.92. The largest absolute Gasteiger partial charge is 0.315 e. The van der Waals surface area contributed by atoms with E-state index in [0.29, 0.717) is 5.88 Å². The molecule has 0 aromatic heterocycles. The van der Waals surface area contributed by atoms with Gasteiger partial charge < -0.3 is 5.32 Å². The lowest BCUT2D eigenvalue weighted by molar-refractivity contribution is 0.443. The van der Waals surface area contributed by atoms with Crippen LogP contribution in [0.3, 0.4) is 0 Å². The van der Waals surface area contributed by atoms with Gasteiger partial charge in [0.2, 0.25) is 0 Å². The summed E-state index contributed by atoms with van der Waals surface area (Å²) >= 11 is 5.63. The number of hydrogen-bond acceptors (Lipinski definition) is 1. The second-order valence-electron chi connectivity index (χ2n) is 5.27. The molecule has 18 heavy (non-hydrogen) atoms. The summed E-state index contributed by atoms with van der Waals surface area (Å²) in [5.41, 5.74) is 2.98. The maximum atomic E-state index is 5.63. The van der Waals surface area contributed by atoms with Crippen molar-refractivity contribution in [2.45, 2.75) is 44.4 Å². The van der Waals surface area contributed by atoms with E-state index in [-0.39, 0.29) is 0 Å². The van der Waals surface area contributed by atoms with Gasteiger partial charge in [-0.1, -0.05) is 43.5 Å². The number of alkyl halides is 1. The molecule has 0 heterocycles. The van der Waals surface area contributed by atoms with Crippen LogP contribution >= 0.6 is 11.6 Å². The van der Waals surface area contributed by atoms with Gasteiger partial charge in [-0.2, -0.15) is 0 Å². The Kier molecular flexibility index (Phi) is 6.02. The lowest BCUT2D eigenvalue weighted by Crippen LogP contribution is -2.19. The Balaban J connectivity index is 1.81. The van der Waals surface area contributed by atoms with Crippen LogP contribution in [0.2, 0.25) is 0 Å². The van der Waals surface area contributed by atoms with E-state index in [2.05, 4.69) is 29.6 Å². The molecule has 0 aliphatic heterocycles. The minimum Gasteiger partial charge on any atom is -0.315 e. The number of rotatable bonds is 6. The zero-order chi connectivity index (χ0) is 12.6. The van der Waals surface area contributed by atoms with Crippen LogP contribution in [0.1, 0.15) is 49.1 Å². The molecular formula is C16H24ClN. The molecule has 1 N–H and O–H groups in total. The molecule has 0 radical (unpaired) electrons. The predicted molar refractivity (Wildman–Crippen MR) is 79.6 cm³/mol. The average Bonchev–Trinajstić information content (AvgIpc) is 2.45. The molecule has 1 fully saturated rings. The molecule has 1 aromatic carbocycles. The van der Waals surface area contributed by atoms with Gasteiger partial charge in [0.1, 0.15) is 0 Å². The van der Waals surface area contributed by atoms with Crippen molar-refractivity contribution in [3.8, 4) is 0 Å². The summed E-state index contributed by atoms with van der Waals surface area (Å²) in [5.74, 6) is 1.52. The van der Waals surface area contributed by atoms with Crippen LogP contribution in [0.25, 0.3) is 0 Å². The van der Waals surface area contributed by atoms with Crippen molar-refractivity contribution in [1.29, 1.82) is 0 Å².